The first-order valence-electron chi connectivity index (χ1n) is 19.4. The number of likely N-dealkylation sites (N-methyl/N-ethyl adjacent to an activating group) is 1. The van der Waals surface area contributed by atoms with Crippen molar-refractivity contribution in [1.29, 1.82) is 0 Å². The van der Waals surface area contributed by atoms with E-state index in [1.54, 1.807) is 60.8 Å². The maximum absolute atomic E-state index is 13.5. The number of nitrogens with zero attached hydrogens (tertiary/aromatic N) is 3. The summed E-state index contributed by atoms with van der Waals surface area (Å²) < 4.78 is 71.0. The third-order valence-corrected chi connectivity index (χ3v) is 12.5. The molecule has 1 aliphatic rings. The monoisotopic (exact) mass is 859 g/mol. The second-order valence-electron chi connectivity index (χ2n) is 15.8. The van der Waals surface area contributed by atoms with Crippen molar-refractivity contribution in [2.24, 2.45) is 0 Å². The molecule has 1 aliphatic heterocycles. The molecule has 1 aromatic heterocycles. The number of sulfone groups is 1. The second kappa shape index (κ2) is 18.3. The quantitative estimate of drug-likeness (QED) is 0.0815. The van der Waals surface area contributed by atoms with Gasteiger partial charge in [0.05, 0.1) is 43.3 Å². The number of nitrogens with one attached hydrogen (secondary N) is 4. The van der Waals surface area contributed by atoms with Gasteiger partial charge in [-0.1, -0.05) is 45.0 Å². The summed E-state index contributed by atoms with van der Waals surface area (Å²) >= 11 is 0. The van der Waals surface area contributed by atoms with Crippen molar-refractivity contribution in [2.75, 3.05) is 86.7 Å². The van der Waals surface area contributed by atoms with Crippen molar-refractivity contribution in [3.8, 4) is 23.0 Å². The smallest absolute Gasteiger partial charge is 0.323 e. The standard InChI is InChI=1S/C43H53N7O8S2/c1-43(2,3)29-25-35(41(57-6)36(26-29)48-59(7,52)53)47-42(51)46-34-14-15-37(33-12-9-8-11-32(33)34)58-31-17-18-44-40(28-31)45-30-13-16-39(38(27-30)56-5)60(54,55)24-10-19-50-22-20-49(4)21-23-50/h8-9,11-18,25-28,48H,10,19-24H2,1-7H3,(H,44,45)(H2,46,47,51). The number of urea groups is 1. The van der Waals surface area contributed by atoms with Crippen molar-refractivity contribution in [3.63, 3.8) is 0 Å². The van der Waals surface area contributed by atoms with E-state index in [0.717, 1.165) is 49.9 Å². The van der Waals surface area contributed by atoms with Gasteiger partial charge in [0, 0.05) is 61.0 Å². The molecule has 320 valence electrons. The van der Waals surface area contributed by atoms with Crippen LogP contribution in [0, 0.1) is 0 Å². The number of hydrogen-bond acceptors (Lipinski definition) is 12. The molecule has 4 aromatic carbocycles. The van der Waals surface area contributed by atoms with Gasteiger partial charge in [0.15, 0.2) is 15.6 Å². The molecule has 0 bridgehead atoms. The van der Waals surface area contributed by atoms with Crippen LogP contribution in [0.3, 0.4) is 0 Å². The van der Waals surface area contributed by atoms with E-state index in [1.807, 2.05) is 45.0 Å². The average Bonchev–Trinajstić information content (AvgIpc) is 3.18. The lowest BCUT2D eigenvalue weighted by atomic mass is 9.86. The van der Waals surface area contributed by atoms with Crippen LogP contribution in [0.2, 0.25) is 0 Å². The number of aromatic nitrogens is 1. The number of anilines is 5. The third-order valence-electron chi connectivity index (χ3n) is 10.0. The van der Waals surface area contributed by atoms with Gasteiger partial charge in [-0.2, -0.15) is 0 Å². The van der Waals surface area contributed by atoms with Crippen molar-refractivity contribution in [3.05, 3.63) is 90.6 Å². The van der Waals surface area contributed by atoms with Crippen LogP contribution in [0.1, 0.15) is 32.8 Å². The van der Waals surface area contributed by atoms with Crippen LogP contribution in [0.15, 0.2) is 90.0 Å². The number of piperazine rings is 1. The molecule has 2 amide bonds. The number of benzene rings is 4. The molecule has 0 radical (unpaired) electrons. The Hall–Kier alpha value is -5.62. The highest BCUT2D eigenvalue weighted by molar-refractivity contribution is 7.92. The molecule has 1 fully saturated rings. The summed E-state index contributed by atoms with van der Waals surface area (Å²) in [6, 6.07) is 22.1. The molecule has 15 nitrogen and oxygen atoms in total. The Labute approximate surface area is 352 Å². The zero-order valence-electron chi connectivity index (χ0n) is 35.0. The number of amides is 2. The fourth-order valence-corrected chi connectivity index (χ4v) is 8.88. The first-order chi connectivity index (χ1) is 28.4. The van der Waals surface area contributed by atoms with Crippen LogP contribution in [0.25, 0.3) is 10.8 Å². The summed E-state index contributed by atoms with van der Waals surface area (Å²) in [4.78, 5) is 22.7. The average molecular weight is 860 g/mol. The van der Waals surface area contributed by atoms with Crippen LogP contribution in [-0.2, 0) is 25.3 Å². The van der Waals surface area contributed by atoms with E-state index in [-0.39, 0.29) is 38.9 Å². The van der Waals surface area contributed by atoms with Crippen molar-refractivity contribution >= 4 is 65.2 Å². The van der Waals surface area contributed by atoms with Gasteiger partial charge in [-0.05, 0) is 73.5 Å². The zero-order chi connectivity index (χ0) is 43.2. The predicted molar refractivity (Wildman–Crippen MR) is 238 cm³/mol. The fourth-order valence-electron chi connectivity index (χ4n) is 6.88. The largest absolute Gasteiger partial charge is 0.495 e. The fraction of sp³-hybridized carbons (Fsp3) is 0.349. The Morgan fingerprint density at radius 3 is 2.18 bits per heavy atom. The molecule has 0 aliphatic carbocycles. The van der Waals surface area contributed by atoms with E-state index in [4.69, 9.17) is 14.2 Å². The van der Waals surface area contributed by atoms with Crippen LogP contribution < -0.4 is 34.9 Å². The maximum Gasteiger partial charge on any atom is 0.323 e. The van der Waals surface area contributed by atoms with Crippen molar-refractivity contribution in [1.82, 2.24) is 14.8 Å². The Balaban J connectivity index is 1.15. The van der Waals surface area contributed by atoms with E-state index in [0.29, 0.717) is 40.5 Å². The molecular formula is C43H53N7O8S2. The number of pyridine rings is 1. The topological polar surface area (TPSA) is 181 Å². The summed E-state index contributed by atoms with van der Waals surface area (Å²) in [5.41, 5.74) is 1.97. The molecule has 0 saturated carbocycles. The van der Waals surface area contributed by atoms with E-state index in [9.17, 15) is 21.6 Å². The number of carbonyl (C=O) groups excluding carboxylic acids is 1. The Morgan fingerprint density at radius 2 is 1.50 bits per heavy atom. The highest BCUT2D eigenvalue weighted by atomic mass is 32.2. The van der Waals surface area contributed by atoms with Crippen molar-refractivity contribution in [2.45, 2.75) is 37.5 Å². The summed E-state index contributed by atoms with van der Waals surface area (Å²) in [6.45, 7) is 10.5. The zero-order valence-corrected chi connectivity index (χ0v) is 36.6. The van der Waals surface area contributed by atoms with Gasteiger partial charge in [-0.15, -0.1) is 0 Å². The van der Waals surface area contributed by atoms with Crippen LogP contribution in [0.4, 0.5) is 33.4 Å². The lowest BCUT2D eigenvalue weighted by Crippen LogP contribution is -2.44. The van der Waals surface area contributed by atoms with E-state index < -0.39 is 25.9 Å². The van der Waals surface area contributed by atoms with Gasteiger partial charge < -0.3 is 40.0 Å². The number of carbonyl (C=O) groups is 1. The van der Waals surface area contributed by atoms with E-state index in [1.165, 1.54) is 14.2 Å². The second-order valence-corrected chi connectivity index (χ2v) is 19.6. The highest BCUT2D eigenvalue weighted by Gasteiger charge is 2.24. The molecular weight excluding hydrogens is 807 g/mol. The van der Waals surface area contributed by atoms with Crippen LogP contribution in [-0.4, -0.2) is 104 Å². The Bertz CT molecular complexity index is 2570. The summed E-state index contributed by atoms with van der Waals surface area (Å²) in [5.74, 6) is 1.89. The first kappa shape index (κ1) is 43.9. The molecule has 60 heavy (non-hydrogen) atoms. The normalized spacial score (nSPS) is 14.1. The number of fused-ring (bicyclic) bond motifs is 1. The number of ether oxygens (including phenoxy) is 3. The minimum Gasteiger partial charge on any atom is -0.495 e. The van der Waals surface area contributed by atoms with Gasteiger partial charge in [-0.3, -0.25) is 4.72 Å². The Morgan fingerprint density at radius 1 is 0.800 bits per heavy atom. The molecule has 5 aromatic rings. The minimum atomic E-state index is -3.65. The number of sulfonamides is 1. The van der Waals surface area contributed by atoms with E-state index >= 15 is 0 Å². The number of methoxy groups -OCH3 is 2. The first-order valence-corrected chi connectivity index (χ1v) is 23.0. The highest BCUT2D eigenvalue weighted by Crippen LogP contribution is 2.40. The molecule has 0 unspecified atom stereocenters. The van der Waals surface area contributed by atoms with Gasteiger partial charge in [-0.25, -0.2) is 26.6 Å². The van der Waals surface area contributed by atoms with E-state index in [2.05, 4.69) is 42.5 Å². The lowest BCUT2D eigenvalue weighted by Gasteiger charge is -2.32. The van der Waals surface area contributed by atoms with Gasteiger partial charge in [0.25, 0.3) is 0 Å². The minimum absolute atomic E-state index is 0.0251. The summed E-state index contributed by atoms with van der Waals surface area (Å²) in [7, 11) is -2.29. The molecule has 0 spiro atoms. The molecule has 2 heterocycles. The molecule has 4 N–H and O–H groups in total. The third kappa shape index (κ3) is 11.1. The van der Waals surface area contributed by atoms with Gasteiger partial charge in [0.1, 0.15) is 28.0 Å². The molecule has 0 atom stereocenters. The van der Waals surface area contributed by atoms with Crippen LogP contribution in [0.5, 0.6) is 23.0 Å². The SMILES string of the molecule is COc1cc(Nc2cc(Oc3ccc(NC(=O)Nc4cc(C(C)(C)C)cc(NS(C)(=O)=O)c4OC)c4ccccc34)ccn2)ccc1S(=O)(=O)CCCN1CCN(C)CC1. The summed E-state index contributed by atoms with van der Waals surface area (Å²) in [5, 5.41) is 10.4. The number of hydrogen-bond donors (Lipinski definition) is 4. The van der Waals surface area contributed by atoms with Crippen molar-refractivity contribution < 1.29 is 35.8 Å². The molecule has 1 saturated heterocycles. The van der Waals surface area contributed by atoms with Gasteiger partial charge in [0.2, 0.25) is 10.0 Å². The van der Waals surface area contributed by atoms with Gasteiger partial charge >= 0.3 is 6.03 Å². The lowest BCUT2D eigenvalue weighted by molar-refractivity contribution is 0.154. The summed E-state index contributed by atoms with van der Waals surface area (Å²) in [6.07, 6.45) is 3.18. The molecule has 17 heteroatoms. The maximum atomic E-state index is 13.5. The van der Waals surface area contributed by atoms with Crippen LogP contribution >= 0.6 is 0 Å². The molecule has 6 rings (SSSR count). The number of rotatable bonds is 15. The Kier molecular flexibility index (Phi) is 13.4. The predicted octanol–water partition coefficient (Wildman–Crippen LogP) is 7.51.